The molecule has 0 unspecified atom stereocenters. The first-order chi connectivity index (χ1) is 17.6. The van der Waals surface area contributed by atoms with Gasteiger partial charge in [-0.25, -0.2) is 0 Å². The van der Waals surface area contributed by atoms with Crippen molar-refractivity contribution in [3.05, 3.63) is 89.7 Å². The Morgan fingerprint density at radius 3 is 2.19 bits per heavy atom. The summed E-state index contributed by atoms with van der Waals surface area (Å²) in [6.45, 7) is 2.86. The fourth-order valence-corrected chi connectivity index (χ4v) is 3.99. The predicted octanol–water partition coefficient (Wildman–Crippen LogP) is 7.27. The number of unbranched alkanes of at least 4 members (excludes halogenated alkanes) is 4. The first-order valence-corrected chi connectivity index (χ1v) is 12.3. The Morgan fingerprint density at radius 2 is 1.47 bits per heavy atom. The van der Waals surface area contributed by atoms with Crippen LogP contribution in [0.3, 0.4) is 0 Å². The molecule has 0 aliphatic heterocycles. The van der Waals surface area contributed by atoms with Gasteiger partial charge in [0.15, 0.2) is 5.76 Å². The molecule has 0 aliphatic carbocycles. The predicted molar refractivity (Wildman–Crippen MR) is 141 cm³/mol. The zero-order chi connectivity index (χ0) is 25.3. The Bertz CT molecular complexity index is 1310. The highest BCUT2D eigenvalue weighted by Gasteiger charge is 2.24. The van der Waals surface area contributed by atoms with Crippen LogP contribution in [0.1, 0.15) is 65.5 Å². The highest BCUT2D eigenvalue weighted by atomic mass is 16.5. The quantitative estimate of drug-likeness (QED) is 0.169. The van der Waals surface area contributed by atoms with Crippen molar-refractivity contribution in [1.82, 2.24) is 0 Å². The fraction of sp³-hybridized carbons (Fsp3) is 0.267. The number of hydrogen-bond donors (Lipinski definition) is 1. The second-order valence-electron chi connectivity index (χ2n) is 8.60. The normalized spacial score (nSPS) is 10.8. The zero-order valence-electron chi connectivity index (χ0n) is 20.7. The standard InChI is InChI=1S/C30H31NO5/c1-3-4-5-6-9-20-35-24-18-14-22(15-19-24)30(33)31-27-25-10-7-8-11-26(25)36-29(27)28(32)21-12-16-23(34-2)17-13-21/h7-8,10-19H,3-6,9,20H2,1-2H3,(H,31,33). The number of fused-ring (bicyclic) bond motifs is 1. The van der Waals surface area contributed by atoms with Crippen molar-refractivity contribution in [2.75, 3.05) is 19.0 Å². The van der Waals surface area contributed by atoms with Crippen LogP contribution < -0.4 is 14.8 Å². The van der Waals surface area contributed by atoms with Gasteiger partial charge in [0, 0.05) is 16.5 Å². The molecule has 4 aromatic rings. The zero-order valence-corrected chi connectivity index (χ0v) is 20.7. The number of nitrogens with one attached hydrogen (secondary N) is 1. The van der Waals surface area contributed by atoms with E-state index in [0.717, 1.165) is 18.6 Å². The molecule has 4 rings (SSSR count). The number of anilines is 1. The minimum absolute atomic E-state index is 0.0812. The molecular weight excluding hydrogens is 454 g/mol. The lowest BCUT2D eigenvalue weighted by molar-refractivity contribution is 0.101. The Hall–Kier alpha value is -4.06. The number of carbonyl (C=O) groups excluding carboxylic acids is 2. The van der Waals surface area contributed by atoms with E-state index in [4.69, 9.17) is 13.9 Å². The summed E-state index contributed by atoms with van der Waals surface area (Å²) >= 11 is 0. The number of amides is 1. The number of methoxy groups -OCH3 is 1. The number of furan rings is 1. The van der Waals surface area contributed by atoms with Gasteiger partial charge >= 0.3 is 0 Å². The van der Waals surface area contributed by atoms with E-state index in [1.54, 1.807) is 61.7 Å². The Kier molecular flexibility index (Phi) is 8.40. The summed E-state index contributed by atoms with van der Waals surface area (Å²) in [5.74, 6) is 0.792. The van der Waals surface area contributed by atoms with E-state index in [-0.39, 0.29) is 17.5 Å². The van der Waals surface area contributed by atoms with E-state index in [1.165, 1.54) is 19.3 Å². The van der Waals surface area contributed by atoms with Gasteiger partial charge in [0.2, 0.25) is 5.78 Å². The number of carbonyl (C=O) groups is 2. The second kappa shape index (κ2) is 12.1. The van der Waals surface area contributed by atoms with Crippen molar-refractivity contribution in [2.45, 2.75) is 39.0 Å². The highest BCUT2D eigenvalue weighted by Crippen LogP contribution is 2.33. The highest BCUT2D eigenvalue weighted by molar-refractivity contribution is 6.18. The molecule has 6 nitrogen and oxygen atoms in total. The van der Waals surface area contributed by atoms with Crippen molar-refractivity contribution >= 4 is 28.3 Å². The summed E-state index contributed by atoms with van der Waals surface area (Å²) in [6, 6.07) is 21.0. The molecule has 0 atom stereocenters. The van der Waals surface area contributed by atoms with E-state index in [2.05, 4.69) is 12.2 Å². The molecule has 0 aliphatic rings. The molecule has 6 heteroatoms. The third-order valence-corrected chi connectivity index (χ3v) is 6.03. The van der Waals surface area contributed by atoms with Crippen LogP contribution in [0.5, 0.6) is 11.5 Å². The molecule has 0 spiro atoms. The van der Waals surface area contributed by atoms with Gasteiger partial charge in [-0.3, -0.25) is 9.59 Å². The Balaban J connectivity index is 1.49. The number of benzene rings is 3. The van der Waals surface area contributed by atoms with Crippen LogP contribution in [0.25, 0.3) is 11.0 Å². The van der Waals surface area contributed by atoms with Crippen molar-refractivity contribution < 1.29 is 23.5 Å². The molecule has 3 aromatic carbocycles. The van der Waals surface area contributed by atoms with Gasteiger partial charge in [0.25, 0.3) is 5.91 Å². The summed E-state index contributed by atoms with van der Waals surface area (Å²) in [4.78, 5) is 26.4. The van der Waals surface area contributed by atoms with Gasteiger partial charge in [-0.05, 0) is 67.1 Å². The van der Waals surface area contributed by atoms with E-state index in [0.29, 0.717) is 40.1 Å². The SMILES string of the molecule is CCCCCCCOc1ccc(C(=O)Nc2c(C(=O)c3ccc(OC)cc3)oc3ccccc23)cc1. The second-order valence-corrected chi connectivity index (χ2v) is 8.60. The number of ether oxygens (including phenoxy) is 2. The minimum atomic E-state index is -0.337. The molecule has 1 N–H and O–H groups in total. The maximum absolute atomic E-state index is 13.3. The van der Waals surface area contributed by atoms with E-state index >= 15 is 0 Å². The van der Waals surface area contributed by atoms with Crippen LogP contribution in [-0.2, 0) is 0 Å². The van der Waals surface area contributed by atoms with Gasteiger partial charge in [0.1, 0.15) is 17.1 Å². The molecule has 0 fully saturated rings. The summed E-state index contributed by atoms with van der Waals surface area (Å²) in [5.41, 5.74) is 1.76. The maximum atomic E-state index is 13.3. The number of para-hydroxylation sites is 1. The smallest absolute Gasteiger partial charge is 0.255 e. The minimum Gasteiger partial charge on any atom is -0.497 e. The van der Waals surface area contributed by atoms with Crippen LogP contribution in [0.4, 0.5) is 5.69 Å². The molecular formula is C30H31NO5. The number of hydrogen-bond acceptors (Lipinski definition) is 5. The summed E-state index contributed by atoms with van der Waals surface area (Å²) < 4.78 is 16.9. The first-order valence-electron chi connectivity index (χ1n) is 12.3. The molecule has 0 saturated carbocycles. The molecule has 0 saturated heterocycles. The Morgan fingerprint density at radius 1 is 0.806 bits per heavy atom. The van der Waals surface area contributed by atoms with Gasteiger partial charge in [-0.15, -0.1) is 0 Å². The lowest BCUT2D eigenvalue weighted by atomic mass is 10.1. The molecule has 1 aromatic heterocycles. The Labute approximate surface area is 211 Å². The third-order valence-electron chi connectivity index (χ3n) is 6.03. The monoisotopic (exact) mass is 485 g/mol. The van der Waals surface area contributed by atoms with E-state index < -0.39 is 0 Å². The first kappa shape index (κ1) is 25.0. The topological polar surface area (TPSA) is 77.8 Å². The van der Waals surface area contributed by atoms with Gasteiger partial charge in [-0.2, -0.15) is 0 Å². The summed E-state index contributed by atoms with van der Waals surface area (Å²) in [6.07, 6.45) is 5.87. The fourth-order valence-electron chi connectivity index (χ4n) is 3.99. The maximum Gasteiger partial charge on any atom is 0.255 e. The molecule has 36 heavy (non-hydrogen) atoms. The average Bonchev–Trinajstić information content (AvgIpc) is 3.28. The van der Waals surface area contributed by atoms with Crippen molar-refractivity contribution in [3.63, 3.8) is 0 Å². The lowest BCUT2D eigenvalue weighted by Crippen LogP contribution is -2.14. The summed E-state index contributed by atoms with van der Waals surface area (Å²) in [5, 5.41) is 3.55. The van der Waals surface area contributed by atoms with Crippen LogP contribution in [0, 0.1) is 0 Å². The molecule has 0 radical (unpaired) electrons. The molecule has 0 bridgehead atoms. The summed E-state index contributed by atoms with van der Waals surface area (Å²) in [7, 11) is 1.57. The number of rotatable bonds is 12. The van der Waals surface area contributed by atoms with Crippen LogP contribution in [0.2, 0.25) is 0 Å². The lowest BCUT2D eigenvalue weighted by Gasteiger charge is -2.09. The van der Waals surface area contributed by atoms with Crippen molar-refractivity contribution in [1.29, 1.82) is 0 Å². The van der Waals surface area contributed by atoms with Crippen molar-refractivity contribution in [3.8, 4) is 11.5 Å². The third kappa shape index (κ3) is 5.95. The average molecular weight is 486 g/mol. The van der Waals surface area contributed by atoms with Gasteiger partial charge < -0.3 is 19.2 Å². The van der Waals surface area contributed by atoms with Gasteiger partial charge in [-0.1, -0.05) is 44.7 Å². The molecule has 1 heterocycles. The largest absolute Gasteiger partial charge is 0.497 e. The number of ketones is 1. The van der Waals surface area contributed by atoms with E-state index in [9.17, 15) is 9.59 Å². The van der Waals surface area contributed by atoms with Gasteiger partial charge in [0.05, 0.1) is 19.4 Å². The van der Waals surface area contributed by atoms with Crippen LogP contribution in [0.15, 0.2) is 77.2 Å². The molecule has 186 valence electrons. The molecule has 1 amide bonds. The van der Waals surface area contributed by atoms with Crippen LogP contribution >= 0.6 is 0 Å². The van der Waals surface area contributed by atoms with E-state index in [1.807, 2.05) is 18.2 Å². The van der Waals surface area contributed by atoms with Crippen LogP contribution in [-0.4, -0.2) is 25.4 Å². The van der Waals surface area contributed by atoms with Crippen molar-refractivity contribution in [2.24, 2.45) is 0 Å².